The van der Waals surface area contributed by atoms with Crippen LogP contribution in [0.25, 0.3) is 0 Å². The fourth-order valence-electron chi connectivity index (χ4n) is 1.69. The van der Waals surface area contributed by atoms with Crippen molar-refractivity contribution in [3.63, 3.8) is 0 Å². The predicted molar refractivity (Wildman–Crippen MR) is 90.2 cm³/mol. The molecule has 3 N–H and O–H groups in total. The normalized spacial score (nSPS) is 13.2. The van der Waals surface area contributed by atoms with Gasteiger partial charge in [-0.3, -0.25) is 4.79 Å². The second-order valence-electron chi connectivity index (χ2n) is 7.60. The quantitative estimate of drug-likeness (QED) is 0.795. The van der Waals surface area contributed by atoms with E-state index >= 15 is 0 Å². The number of amides is 3. The van der Waals surface area contributed by atoms with E-state index in [1.807, 2.05) is 41.5 Å². The molecule has 0 aliphatic heterocycles. The second-order valence-corrected chi connectivity index (χ2v) is 7.60. The van der Waals surface area contributed by atoms with Gasteiger partial charge in [0.15, 0.2) is 0 Å². The minimum atomic E-state index is -0.649. The Kier molecular flexibility index (Phi) is 5.69. The molecule has 0 aliphatic carbocycles. The molecule has 7 nitrogen and oxygen atoms in total. The van der Waals surface area contributed by atoms with E-state index < -0.39 is 12.1 Å². The van der Waals surface area contributed by atoms with E-state index in [4.69, 9.17) is 0 Å². The van der Waals surface area contributed by atoms with E-state index in [1.54, 1.807) is 19.3 Å². The number of rotatable bonds is 3. The maximum atomic E-state index is 11.9. The summed E-state index contributed by atoms with van der Waals surface area (Å²) in [5.74, 6) is 0.452. The Hall–Kier alpha value is -2.18. The van der Waals surface area contributed by atoms with Gasteiger partial charge in [-0.25, -0.2) is 14.8 Å². The number of urea groups is 1. The lowest BCUT2D eigenvalue weighted by atomic mass is 9.96. The first kappa shape index (κ1) is 18.9. The maximum Gasteiger partial charge on any atom is 0.319 e. The van der Waals surface area contributed by atoms with Gasteiger partial charge in [0, 0.05) is 11.0 Å². The minimum absolute atomic E-state index is 0.152. The molecule has 0 aliphatic rings. The summed E-state index contributed by atoms with van der Waals surface area (Å²) in [6.45, 7) is 13.3. The Morgan fingerprint density at radius 1 is 1.04 bits per heavy atom. The third kappa shape index (κ3) is 6.63. The molecule has 0 saturated carbocycles. The van der Waals surface area contributed by atoms with Crippen molar-refractivity contribution in [3.8, 4) is 0 Å². The van der Waals surface area contributed by atoms with Crippen molar-refractivity contribution in [1.82, 2.24) is 20.6 Å². The van der Waals surface area contributed by atoms with Gasteiger partial charge in [0.1, 0.15) is 11.9 Å². The summed E-state index contributed by atoms with van der Waals surface area (Å²) in [5.41, 5.74) is -0.0283. The van der Waals surface area contributed by atoms with Crippen LogP contribution in [0.15, 0.2) is 12.4 Å². The van der Waals surface area contributed by atoms with Gasteiger partial charge in [-0.15, -0.1) is 0 Å². The molecule has 23 heavy (non-hydrogen) atoms. The Morgan fingerprint density at radius 2 is 1.57 bits per heavy atom. The summed E-state index contributed by atoms with van der Waals surface area (Å²) < 4.78 is 0. The molecule has 128 valence electrons. The summed E-state index contributed by atoms with van der Waals surface area (Å²) in [6, 6.07) is -1.13. The zero-order valence-corrected chi connectivity index (χ0v) is 14.9. The zero-order valence-electron chi connectivity index (χ0n) is 14.9. The number of hydrogen-bond donors (Lipinski definition) is 3. The Labute approximate surface area is 137 Å². The molecule has 0 bridgehead atoms. The number of aromatic nitrogens is 2. The number of carbonyl (C=O) groups is 2. The summed E-state index contributed by atoms with van der Waals surface area (Å²) in [4.78, 5) is 32.3. The molecule has 0 spiro atoms. The van der Waals surface area contributed by atoms with Gasteiger partial charge in [0.05, 0.1) is 18.1 Å². The average Bonchev–Trinajstić information content (AvgIpc) is 2.35. The Balaban J connectivity index is 2.58. The van der Waals surface area contributed by atoms with Crippen LogP contribution in [0.3, 0.4) is 0 Å². The molecule has 0 radical (unpaired) electrons. The summed E-state index contributed by atoms with van der Waals surface area (Å²) >= 11 is 0. The van der Waals surface area contributed by atoms with E-state index in [9.17, 15) is 9.59 Å². The molecule has 0 aromatic carbocycles. The van der Waals surface area contributed by atoms with Crippen molar-refractivity contribution in [1.29, 1.82) is 0 Å². The molecule has 1 aromatic rings. The molecular formula is C16H27N5O2. The minimum Gasteiger partial charge on any atom is -0.350 e. The lowest BCUT2D eigenvalue weighted by Gasteiger charge is -2.23. The van der Waals surface area contributed by atoms with Crippen LogP contribution in [-0.2, 0) is 10.2 Å². The van der Waals surface area contributed by atoms with Gasteiger partial charge < -0.3 is 16.0 Å². The summed E-state index contributed by atoms with van der Waals surface area (Å²) in [7, 11) is 0. The van der Waals surface area contributed by atoms with Crippen LogP contribution in [0.2, 0.25) is 0 Å². The van der Waals surface area contributed by atoms with E-state index in [-0.39, 0.29) is 16.9 Å². The van der Waals surface area contributed by atoms with Crippen molar-refractivity contribution in [2.75, 3.05) is 5.32 Å². The number of hydrogen-bond acceptors (Lipinski definition) is 4. The van der Waals surface area contributed by atoms with E-state index in [0.717, 1.165) is 0 Å². The van der Waals surface area contributed by atoms with Crippen LogP contribution in [0, 0.1) is 0 Å². The highest BCUT2D eigenvalue weighted by Crippen LogP contribution is 2.18. The average molecular weight is 321 g/mol. The van der Waals surface area contributed by atoms with Crippen LogP contribution in [0.5, 0.6) is 0 Å². The van der Waals surface area contributed by atoms with Crippen molar-refractivity contribution < 1.29 is 9.59 Å². The van der Waals surface area contributed by atoms with Crippen molar-refractivity contribution >= 4 is 17.6 Å². The SMILES string of the molecule is C[C@@H](NC(=O)Nc1cnc(C(C)(C)C)nc1)C(=O)NC(C)(C)C. The molecule has 3 amide bonds. The number of nitrogens with one attached hydrogen (secondary N) is 3. The van der Waals surface area contributed by atoms with Crippen LogP contribution in [0.1, 0.15) is 54.3 Å². The standard InChI is InChI=1S/C16H27N5O2/c1-10(12(22)21-16(5,6)7)19-14(23)20-11-8-17-13(18-9-11)15(2,3)4/h8-10H,1-7H3,(H,21,22)(H2,19,20,23)/t10-/m1/s1. The van der Waals surface area contributed by atoms with E-state index in [0.29, 0.717) is 11.5 Å². The highest BCUT2D eigenvalue weighted by atomic mass is 16.2. The van der Waals surface area contributed by atoms with Gasteiger partial charge in [-0.1, -0.05) is 20.8 Å². The van der Waals surface area contributed by atoms with Gasteiger partial charge >= 0.3 is 6.03 Å². The lowest BCUT2D eigenvalue weighted by molar-refractivity contribution is -0.123. The summed E-state index contributed by atoms with van der Waals surface area (Å²) in [6.07, 6.45) is 3.10. The number of nitrogens with zero attached hydrogens (tertiary/aromatic N) is 2. The van der Waals surface area contributed by atoms with Crippen LogP contribution in [0.4, 0.5) is 10.5 Å². The first-order valence-electron chi connectivity index (χ1n) is 7.60. The number of carbonyl (C=O) groups excluding carboxylic acids is 2. The Bertz CT molecular complexity index is 555. The second kappa shape index (κ2) is 6.93. The molecule has 1 heterocycles. The van der Waals surface area contributed by atoms with Crippen molar-refractivity contribution in [2.24, 2.45) is 0 Å². The molecule has 1 rings (SSSR count). The molecule has 0 unspecified atom stereocenters. The molecule has 1 atom stereocenters. The predicted octanol–water partition coefficient (Wildman–Crippen LogP) is 2.20. The highest BCUT2D eigenvalue weighted by Gasteiger charge is 2.21. The topological polar surface area (TPSA) is 96.0 Å². The number of anilines is 1. The van der Waals surface area contributed by atoms with Gasteiger partial charge in [-0.05, 0) is 27.7 Å². The maximum absolute atomic E-state index is 11.9. The fraction of sp³-hybridized carbons (Fsp3) is 0.625. The third-order valence-corrected chi connectivity index (χ3v) is 2.82. The van der Waals surface area contributed by atoms with Gasteiger partial charge in [0.2, 0.25) is 5.91 Å². The largest absolute Gasteiger partial charge is 0.350 e. The zero-order chi connectivity index (χ0) is 17.8. The first-order valence-corrected chi connectivity index (χ1v) is 7.60. The van der Waals surface area contributed by atoms with Gasteiger partial charge in [-0.2, -0.15) is 0 Å². The molecule has 0 saturated heterocycles. The highest BCUT2D eigenvalue weighted by molar-refractivity contribution is 5.93. The first-order chi connectivity index (χ1) is 10.4. The van der Waals surface area contributed by atoms with Crippen LogP contribution < -0.4 is 16.0 Å². The van der Waals surface area contributed by atoms with E-state index in [2.05, 4.69) is 25.9 Å². The molecule has 7 heteroatoms. The van der Waals surface area contributed by atoms with Crippen LogP contribution >= 0.6 is 0 Å². The van der Waals surface area contributed by atoms with Crippen LogP contribution in [-0.4, -0.2) is 33.5 Å². The van der Waals surface area contributed by atoms with E-state index in [1.165, 1.54) is 0 Å². The molecule has 0 fully saturated rings. The molecule has 1 aromatic heterocycles. The third-order valence-electron chi connectivity index (χ3n) is 2.82. The lowest BCUT2D eigenvalue weighted by Crippen LogP contribution is -2.51. The van der Waals surface area contributed by atoms with Crippen molar-refractivity contribution in [3.05, 3.63) is 18.2 Å². The van der Waals surface area contributed by atoms with Crippen molar-refractivity contribution in [2.45, 2.75) is 65.5 Å². The monoisotopic (exact) mass is 321 g/mol. The molecular weight excluding hydrogens is 294 g/mol. The fourth-order valence-corrected chi connectivity index (χ4v) is 1.69. The summed E-state index contributed by atoms with van der Waals surface area (Å²) in [5, 5.41) is 8.00. The Morgan fingerprint density at radius 3 is 2.00 bits per heavy atom. The smallest absolute Gasteiger partial charge is 0.319 e. The van der Waals surface area contributed by atoms with Gasteiger partial charge in [0.25, 0.3) is 0 Å².